The van der Waals surface area contributed by atoms with Crippen molar-refractivity contribution >= 4 is 26.3 Å². The smallest absolute Gasteiger partial charge is 0.203 e. The van der Waals surface area contributed by atoms with Crippen molar-refractivity contribution in [1.82, 2.24) is 4.98 Å². The summed E-state index contributed by atoms with van der Waals surface area (Å²) in [6.07, 6.45) is 1.14. The third-order valence-electron chi connectivity index (χ3n) is 7.97. The number of methoxy groups -OCH3 is 3. The van der Waals surface area contributed by atoms with Gasteiger partial charge in [0, 0.05) is 24.0 Å². The summed E-state index contributed by atoms with van der Waals surface area (Å²) in [5, 5.41) is 2.49. The van der Waals surface area contributed by atoms with Crippen molar-refractivity contribution in [2.24, 2.45) is 0 Å². The predicted octanol–water partition coefficient (Wildman–Crippen LogP) is 7.65. The Balaban J connectivity index is 1.58. The molecule has 0 aliphatic carbocycles. The van der Waals surface area contributed by atoms with E-state index >= 15 is 0 Å². The lowest BCUT2D eigenvalue weighted by molar-refractivity contribution is 0.324. The number of aromatic nitrogens is 1. The molecular formula is C32H44N2O5S2. The number of ether oxygens (including phenoxy) is 3. The first-order chi connectivity index (χ1) is 19.4. The SMILES string of the molecule is COc1cc(-c2csc(N3CCC(S(=O)(=O)c4c(C(C)C)cc(C(C)C)cc4C(C)C)CC3)n2)cc(OC)c1OC. The summed E-state index contributed by atoms with van der Waals surface area (Å²) in [7, 11) is 1.27. The van der Waals surface area contributed by atoms with Crippen molar-refractivity contribution in [3.63, 3.8) is 0 Å². The Labute approximate surface area is 249 Å². The highest BCUT2D eigenvalue weighted by molar-refractivity contribution is 7.92. The fourth-order valence-corrected chi connectivity index (χ4v) is 8.81. The van der Waals surface area contributed by atoms with E-state index in [0.717, 1.165) is 27.5 Å². The fourth-order valence-electron chi connectivity index (χ4n) is 5.51. The Morgan fingerprint density at radius 3 is 1.80 bits per heavy atom. The Kier molecular flexibility index (Phi) is 9.59. The third kappa shape index (κ3) is 6.21. The molecule has 1 aliphatic heterocycles. The van der Waals surface area contributed by atoms with Gasteiger partial charge in [-0.1, -0.05) is 53.7 Å². The van der Waals surface area contributed by atoms with Crippen molar-refractivity contribution in [2.75, 3.05) is 39.3 Å². The Bertz CT molecular complexity index is 1410. The van der Waals surface area contributed by atoms with Gasteiger partial charge in [-0.25, -0.2) is 13.4 Å². The number of hydrogen-bond acceptors (Lipinski definition) is 8. The van der Waals surface area contributed by atoms with Crippen LogP contribution in [0.1, 0.15) is 88.8 Å². The van der Waals surface area contributed by atoms with Crippen LogP contribution in [0.2, 0.25) is 0 Å². The van der Waals surface area contributed by atoms with Gasteiger partial charge in [0.25, 0.3) is 0 Å². The highest BCUT2D eigenvalue weighted by Crippen LogP contribution is 2.43. The second kappa shape index (κ2) is 12.6. The molecule has 224 valence electrons. The molecular weight excluding hydrogens is 556 g/mol. The number of anilines is 1. The van der Waals surface area contributed by atoms with Crippen molar-refractivity contribution < 1.29 is 22.6 Å². The molecule has 9 heteroatoms. The molecule has 0 spiro atoms. The highest BCUT2D eigenvalue weighted by Gasteiger charge is 2.36. The van der Waals surface area contributed by atoms with E-state index in [2.05, 4.69) is 58.6 Å². The van der Waals surface area contributed by atoms with E-state index in [1.54, 1.807) is 32.7 Å². The summed E-state index contributed by atoms with van der Waals surface area (Å²) in [6, 6.07) is 8.04. The summed E-state index contributed by atoms with van der Waals surface area (Å²) in [6.45, 7) is 14.0. The number of sulfone groups is 1. The maximum Gasteiger partial charge on any atom is 0.203 e. The number of rotatable bonds is 10. The zero-order valence-electron chi connectivity index (χ0n) is 25.8. The molecule has 1 fully saturated rings. The molecule has 1 aliphatic rings. The average molecular weight is 601 g/mol. The summed E-state index contributed by atoms with van der Waals surface area (Å²) in [5.41, 5.74) is 4.80. The zero-order chi connectivity index (χ0) is 30.1. The van der Waals surface area contributed by atoms with E-state index in [1.807, 2.05) is 17.5 Å². The van der Waals surface area contributed by atoms with Gasteiger partial charge < -0.3 is 19.1 Å². The molecule has 0 radical (unpaired) electrons. The molecule has 0 saturated carbocycles. The fraction of sp³-hybridized carbons (Fsp3) is 0.531. The largest absolute Gasteiger partial charge is 0.493 e. The van der Waals surface area contributed by atoms with E-state index in [9.17, 15) is 8.42 Å². The molecule has 2 aromatic carbocycles. The summed E-state index contributed by atoms with van der Waals surface area (Å²) in [4.78, 5) is 7.67. The first kappa shape index (κ1) is 31.2. The minimum absolute atomic E-state index is 0.125. The number of nitrogens with zero attached hydrogens (tertiary/aromatic N) is 2. The molecule has 7 nitrogen and oxygen atoms in total. The number of piperidine rings is 1. The van der Waals surface area contributed by atoms with Crippen molar-refractivity contribution in [3.05, 3.63) is 46.3 Å². The molecule has 0 unspecified atom stereocenters. The molecule has 1 saturated heterocycles. The number of hydrogen-bond donors (Lipinski definition) is 0. The van der Waals surface area contributed by atoms with Crippen LogP contribution < -0.4 is 19.1 Å². The van der Waals surface area contributed by atoms with Gasteiger partial charge in [-0.2, -0.15) is 0 Å². The van der Waals surface area contributed by atoms with Crippen molar-refractivity contribution in [2.45, 2.75) is 82.3 Å². The van der Waals surface area contributed by atoms with Gasteiger partial charge in [0.2, 0.25) is 5.75 Å². The first-order valence-corrected chi connectivity index (χ1v) is 16.8. The van der Waals surface area contributed by atoms with E-state index in [4.69, 9.17) is 19.2 Å². The maximum absolute atomic E-state index is 14.3. The average Bonchev–Trinajstić information content (AvgIpc) is 3.46. The van der Waals surface area contributed by atoms with Gasteiger partial charge in [-0.05, 0) is 59.4 Å². The highest BCUT2D eigenvalue weighted by atomic mass is 32.2. The lowest BCUT2D eigenvalue weighted by Crippen LogP contribution is -2.39. The standard InChI is InChI=1S/C32H44N2O5S2/c1-19(2)22-14-25(20(3)4)31(26(15-22)21(5)6)41(35,36)24-10-12-34(13-11-24)32-33-27(18-40-32)23-16-28(37-7)30(39-9)29(17-23)38-8/h14-21,24H,10-13H2,1-9H3. The summed E-state index contributed by atoms with van der Waals surface area (Å²) in [5.74, 6) is 2.28. The molecule has 0 amide bonds. The van der Waals surface area contributed by atoms with E-state index in [-0.39, 0.29) is 11.8 Å². The molecule has 3 aromatic rings. The molecule has 2 heterocycles. The second-order valence-electron chi connectivity index (χ2n) is 11.7. The van der Waals surface area contributed by atoms with Crippen molar-refractivity contribution in [3.8, 4) is 28.5 Å². The van der Waals surface area contributed by atoms with E-state index < -0.39 is 15.1 Å². The zero-order valence-corrected chi connectivity index (χ0v) is 27.4. The van der Waals surface area contributed by atoms with Crippen LogP contribution in [-0.4, -0.2) is 53.1 Å². The minimum atomic E-state index is -3.50. The van der Waals surface area contributed by atoms with Crippen LogP contribution in [-0.2, 0) is 9.84 Å². The summed E-state index contributed by atoms with van der Waals surface area (Å²) < 4.78 is 45.0. The van der Waals surface area contributed by atoms with Crippen LogP contribution in [0.5, 0.6) is 17.2 Å². The quantitative estimate of drug-likeness (QED) is 0.237. The van der Waals surface area contributed by atoms with Crippen LogP contribution >= 0.6 is 11.3 Å². The first-order valence-electron chi connectivity index (χ1n) is 14.3. The second-order valence-corrected chi connectivity index (χ2v) is 14.7. The third-order valence-corrected chi connectivity index (χ3v) is 11.3. The maximum atomic E-state index is 14.3. The lowest BCUT2D eigenvalue weighted by atomic mass is 9.89. The molecule has 0 atom stereocenters. The molecule has 41 heavy (non-hydrogen) atoms. The molecule has 1 aromatic heterocycles. The van der Waals surface area contributed by atoms with Gasteiger partial charge in [0.1, 0.15) is 0 Å². The molecule has 0 N–H and O–H groups in total. The van der Waals surface area contributed by atoms with Gasteiger partial charge in [-0.3, -0.25) is 0 Å². The van der Waals surface area contributed by atoms with Crippen molar-refractivity contribution in [1.29, 1.82) is 0 Å². The summed E-state index contributed by atoms with van der Waals surface area (Å²) >= 11 is 1.56. The minimum Gasteiger partial charge on any atom is -0.493 e. The van der Waals surface area contributed by atoms with Crippen LogP contribution in [0.3, 0.4) is 0 Å². The Morgan fingerprint density at radius 1 is 0.829 bits per heavy atom. The van der Waals surface area contributed by atoms with Crippen LogP contribution in [0.25, 0.3) is 11.3 Å². The predicted molar refractivity (Wildman–Crippen MR) is 168 cm³/mol. The Morgan fingerprint density at radius 2 is 1.37 bits per heavy atom. The van der Waals surface area contributed by atoms with Gasteiger partial charge >= 0.3 is 0 Å². The van der Waals surface area contributed by atoms with E-state index in [0.29, 0.717) is 54.0 Å². The van der Waals surface area contributed by atoms with Crippen LogP contribution in [0.15, 0.2) is 34.5 Å². The molecule has 4 rings (SSSR count). The Hall–Kier alpha value is -2.78. The van der Waals surface area contributed by atoms with Crippen LogP contribution in [0, 0.1) is 0 Å². The van der Waals surface area contributed by atoms with Gasteiger partial charge in [0.05, 0.1) is 37.2 Å². The number of benzene rings is 2. The lowest BCUT2D eigenvalue weighted by Gasteiger charge is -2.33. The topological polar surface area (TPSA) is 78.0 Å². The normalized spacial score (nSPS) is 14.8. The van der Waals surface area contributed by atoms with Crippen LogP contribution in [0.4, 0.5) is 5.13 Å². The molecule has 0 bridgehead atoms. The monoisotopic (exact) mass is 600 g/mol. The van der Waals surface area contributed by atoms with Gasteiger partial charge in [0.15, 0.2) is 26.5 Å². The number of thiazole rings is 1. The van der Waals surface area contributed by atoms with E-state index in [1.165, 1.54) is 5.56 Å². The van der Waals surface area contributed by atoms with Gasteiger partial charge in [-0.15, -0.1) is 11.3 Å².